The largest absolute Gasteiger partial charge is 0.504 e. The Hall–Kier alpha value is -4.18. The van der Waals surface area contributed by atoms with Crippen LogP contribution in [-0.2, 0) is 9.59 Å². The van der Waals surface area contributed by atoms with Gasteiger partial charge in [-0.3, -0.25) is 14.4 Å². The average molecular weight is 511 g/mol. The number of nitrogens with one attached hydrogen (secondary N) is 3. The number of hydrogen-bond donors (Lipinski definition) is 4. The summed E-state index contributed by atoms with van der Waals surface area (Å²) in [6.07, 6.45) is 1.17. The Balaban J connectivity index is 1.65. The molecule has 0 aliphatic rings. The van der Waals surface area contributed by atoms with Gasteiger partial charge in [-0.25, -0.2) is 5.43 Å². The molecular weight excluding hydrogens is 492 g/mol. The molecule has 33 heavy (non-hydrogen) atoms. The molecule has 0 saturated carbocycles. The number of carbonyl (C=O) groups excluding carboxylic acids is 3. The Labute approximate surface area is 197 Å². The summed E-state index contributed by atoms with van der Waals surface area (Å²) in [5.41, 5.74) is 3.25. The number of aromatic hydroxyl groups is 1. The van der Waals surface area contributed by atoms with Gasteiger partial charge in [0.05, 0.1) is 24.6 Å². The highest BCUT2D eigenvalue weighted by Gasteiger charge is 2.18. The molecule has 0 aliphatic carbocycles. The lowest BCUT2D eigenvalue weighted by Crippen LogP contribution is -2.33. The van der Waals surface area contributed by atoms with Crippen LogP contribution in [0.5, 0.6) is 11.5 Å². The van der Waals surface area contributed by atoms with E-state index in [1.165, 1.54) is 25.5 Å². The first kappa shape index (κ1) is 23.5. The van der Waals surface area contributed by atoms with Crippen molar-refractivity contribution < 1.29 is 24.2 Å². The molecule has 0 saturated heterocycles. The summed E-state index contributed by atoms with van der Waals surface area (Å²) in [4.78, 5) is 37.1. The van der Waals surface area contributed by atoms with E-state index in [9.17, 15) is 19.5 Å². The van der Waals surface area contributed by atoms with Gasteiger partial charge in [0.2, 0.25) is 0 Å². The van der Waals surface area contributed by atoms with Gasteiger partial charge in [-0.15, -0.1) is 0 Å². The van der Waals surface area contributed by atoms with Crippen molar-refractivity contribution in [2.24, 2.45) is 5.10 Å². The van der Waals surface area contributed by atoms with Gasteiger partial charge in [0.15, 0.2) is 11.5 Å². The van der Waals surface area contributed by atoms with Gasteiger partial charge in [0.1, 0.15) is 0 Å². The second-order valence-corrected chi connectivity index (χ2v) is 7.47. The smallest absolute Gasteiger partial charge is 0.329 e. The number of halogens is 1. The van der Waals surface area contributed by atoms with Crippen LogP contribution < -0.4 is 20.8 Å². The summed E-state index contributed by atoms with van der Waals surface area (Å²) in [6.45, 7) is 0. The minimum absolute atomic E-state index is 0.154. The maximum absolute atomic E-state index is 12.7. The number of hydrogen-bond acceptors (Lipinski definition) is 6. The first-order chi connectivity index (χ1) is 15.9. The summed E-state index contributed by atoms with van der Waals surface area (Å²) < 4.78 is 5.86. The number of carbonyl (C=O) groups is 3. The lowest BCUT2D eigenvalue weighted by Gasteiger charge is -2.11. The van der Waals surface area contributed by atoms with Crippen LogP contribution in [0.25, 0.3) is 0 Å². The maximum Gasteiger partial charge on any atom is 0.329 e. The number of hydrazone groups is 1. The molecule has 3 aromatic rings. The number of amides is 3. The highest BCUT2D eigenvalue weighted by atomic mass is 79.9. The number of methoxy groups -OCH3 is 1. The molecule has 0 aromatic heterocycles. The molecule has 0 fully saturated rings. The van der Waals surface area contributed by atoms with Crippen molar-refractivity contribution in [2.45, 2.75) is 0 Å². The molecule has 3 aromatic carbocycles. The summed E-state index contributed by atoms with van der Waals surface area (Å²) in [5, 5.41) is 18.8. The third kappa shape index (κ3) is 6.17. The van der Waals surface area contributed by atoms with Crippen LogP contribution in [0.1, 0.15) is 15.9 Å². The summed E-state index contributed by atoms with van der Waals surface area (Å²) >= 11 is 3.32. The van der Waals surface area contributed by atoms with Crippen molar-refractivity contribution in [3.05, 3.63) is 82.3 Å². The fraction of sp³-hybridized carbons (Fsp3) is 0.0435. The zero-order valence-corrected chi connectivity index (χ0v) is 18.9. The van der Waals surface area contributed by atoms with E-state index in [0.29, 0.717) is 5.69 Å². The van der Waals surface area contributed by atoms with Gasteiger partial charge >= 0.3 is 11.8 Å². The number of nitrogens with zero attached hydrogens (tertiary/aromatic N) is 1. The Morgan fingerprint density at radius 2 is 1.67 bits per heavy atom. The molecule has 4 N–H and O–H groups in total. The van der Waals surface area contributed by atoms with Crippen molar-refractivity contribution >= 4 is 51.2 Å². The molecule has 0 radical (unpaired) electrons. The fourth-order valence-corrected chi connectivity index (χ4v) is 2.98. The van der Waals surface area contributed by atoms with Crippen molar-refractivity contribution in [1.82, 2.24) is 5.43 Å². The monoisotopic (exact) mass is 510 g/mol. The van der Waals surface area contributed by atoms with Crippen LogP contribution in [0.2, 0.25) is 0 Å². The second-order valence-electron chi connectivity index (χ2n) is 6.56. The summed E-state index contributed by atoms with van der Waals surface area (Å²) in [5.74, 6) is -2.46. The van der Waals surface area contributed by atoms with Crippen LogP contribution in [0.15, 0.2) is 76.3 Å². The van der Waals surface area contributed by atoms with Gasteiger partial charge in [-0.05, 0) is 48.5 Å². The van der Waals surface area contributed by atoms with E-state index in [1.54, 1.807) is 54.6 Å². The number of para-hydroxylation sites is 2. The molecule has 3 amide bonds. The quantitative estimate of drug-likeness (QED) is 0.229. The van der Waals surface area contributed by atoms with Crippen molar-refractivity contribution in [1.29, 1.82) is 0 Å². The van der Waals surface area contributed by atoms with Crippen LogP contribution in [0.4, 0.5) is 11.4 Å². The van der Waals surface area contributed by atoms with Gasteiger partial charge in [0.25, 0.3) is 5.91 Å². The summed E-state index contributed by atoms with van der Waals surface area (Å²) in [7, 11) is 1.40. The number of ether oxygens (including phenoxy) is 1. The molecule has 10 heteroatoms. The van der Waals surface area contributed by atoms with Gasteiger partial charge in [-0.2, -0.15) is 5.10 Å². The summed E-state index contributed by atoms with van der Waals surface area (Å²) in [6, 6.07) is 18.0. The number of benzene rings is 3. The third-order valence-corrected chi connectivity index (χ3v) is 4.88. The standard InChI is InChI=1S/C23H19BrN4O5/c1-33-19-8-4-5-14(20(19)29)13-25-28-23(32)22(31)27-18-7-3-2-6-17(18)21(30)26-16-11-9-15(24)10-12-16/h2-13,29H,1H3,(H,26,30)(H,27,31)(H,28,32)/b25-13-. The lowest BCUT2D eigenvalue weighted by molar-refractivity contribution is -0.136. The second kappa shape index (κ2) is 10.9. The van der Waals surface area contributed by atoms with Gasteiger partial charge < -0.3 is 20.5 Å². The first-order valence-electron chi connectivity index (χ1n) is 9.55. The molecule has 0 bridgehead atoms. The van der Waals surface area contributed by atoms with E-state index >= 15 is 0 Å². The van der Waals surface area contributed by atoms with E-state index in [2.05, 4.69) is 37.1 Å². The Kier molecular flexibility index (Phi) is 7.77. The predicted molar refractivity (Wildman–Crippen MR) is 128 cm³/mol. The van der Waals surface area contributed by atoms with Crippen molar-refractivity contribution in [3.63, 3.8) is 0 Å². The van der Waals surface area contributed by atoms with Crippen LogP contribution >= 0.6 is 15.9 Å². The number of phenols is 1. The van der Waals surface area contributed by atoms with Crippen LogP contribution in [0, 0.1) is 0 Å². The average Bonchev–Trinajstić information content (AvgIpc) is 2.81. The van der Waals surface area contributed by atoms with Crippen molar-refractivity contribution in [3.8, 4) is 11.5 Å². The number of phenolic OH excluding ortho intramolecular Hbond substituents is 1. The molecule has 0 atom stereocenters. The minimum Gasteiger partial charge on any atom is -0.504 e. The molecule has 168 valence electrons. The molecule has 0 unspecified atom stereocenters. The van der Waals surface area contributed by atoms with Crippen molar-refractivity contribution in [2.75, 3.05) is 17.7 Å². The first-order valence-corrected chi connectivity index (χ1v) is 10.3. The molecule has 9 nitrogen and oxygen atoms in total. The van der Waals surface area contributed by atoms with Crippen LogP contribution in [-0.4, -0.2) is 36.2 Å². The van der Waals surface area contributed by atoms with E-state index in [-0.39, 0.29) is 28.3 Å². The number of rotatable bonds is 6. The predicted octanol–water partition coefficient (Wildman–Crippen LogP) is 3.50. The van der Waals surface area contributed by atoms with E-state index in [4.69, 9.17) is 4.74 Å². The zero-order chi connectivity index (χ0) is 23.8. The van der Waals surface area contributed by atoms with E-state index in [1.807, 2.05) is 0 Å². The normalized spacial score (nSPS) is 10.5. The van der Waals surface area contributed by atoms with E-state index in [0.717, 1.165) is 4.47 Å². The van der Waals surface area contributed by atoms with Gasteiger partial charge in [0, 0.05) is 15.7 Å². The van der Waals surface area contributed by atoms with Gasteiger partial charge in [-0.1, -0.05) is 34.1 Å². The molecule has 3 rings (SSSR count). The maximum atomic E-state index is 12.7. The Bertz CT molecular complexity index is 1210. The molecule has 0 aliphatic heterocycles. The molecule has 0 spiro atoms. The van der Waals surface area contributed by atoms with E-state index < -0.39 is 17.7 Å². The minimum atomic E-state index is -1.06. The molecular formula is C23H19BrN4O5. The lowest BCUT2D eigenvalue weighted by atomic mass is 10.1. The topological polar surface area (TPSA) is 129 Å². The Morgan fingerprint density at radius 1 is 0.939 bits per heavy atom. The Morgan fingerprint density at radius 3 is 2.39 bits per heavy atom. The number of anilines is 2. The fourth-order valence-electron chi connectivity index (χ4n) is 2.72. The zero-order valence-electron chi connectivity index (χ0n) is 17.3. The van der Waals surface area contributed by atoms with Crippen LogP contribution in [0.3, 0.4) is 0 Å². The third-order valence-electron chi connectivity index (χ3n) is 4.35. The SMILES string of the molecule is COc1cccc(/C=N\NC(=O)C(=O)Nc2ccccc2C(=O)Nc2ccc(Br)cc2)c1O. The highest BCUT2D eigenvalue weighted by Crippen LogP contribution is 2.27. The molecule has 0 heterocycles. The highest BCUT2D eigenvalue weighted by molar-refractivity contribution is 9.10.